The number of hydrogen-bond acceptors (Lipinski definition) is 5. The Morgan fingerprint density at radius 2 is 1.65 bits per heavy atom. The summed E-state index contributed by atoms with van der Waals surface area (Å²) in [5.41, 5.74) is 0.323. The maximum absolute atomic E-state index is 12.5. The van der Waals surface area contributed by atoms with Crippen LogP contribution in [0.25, 0.3) is 0 Å². The van der Waals surface area contributed by atoms with Crippen LogP contribution < -0.4 is 19.5 Å². The molecule has 23 heavy (non-hydrogen) atoms. The number of rotatable bonds is 6. The van der Waals surface area contributed by atoms with Crippen LogP contribution in [0.5, 0.6) is 17.2 Å². The van der Waals surface area contributed by atoms with Gasteiger partial charge in [0, 0.05) is 18.2 Å². The monoisotopic (exact) mass is 323 g/mol. The number of carboxylic acids is 1. The Bertz CT molecular complexity index is 600. The van der Waals surface area contributed by atoms with Crippen molar-refractivity contribution in [2.24, 2.45) is 5.92 Å². The fraction of sp³-hybridized carbons (Fsp3) is 0.500. The van der Waals surface area contributed by atoms with Crippen LogP contribution in [0.2, 0.25) is 0 Å². The zero-order valence-electron chi connectivity index (χ0n) is 13.4. The highest BCUT2D eigenvalue weighted by Crippen LogP contribution is 2.35. The van der Waals surface area contributed by atoms with Crippen molar-refractivity contribution in [2.75, 3.05) is 21.3 Å². The molecule has 0 aromatic heterocycles. The van der Waals surface area contributed by atoms with Crippen LogP contribution in [0.3, 0.4) is 0 Å². The normalized spacial score (nSPS) is 20.0. The number of carbonyl (C=O) groups excluding carboxylic acids is 1. The van der Waals surface area contributed by atoms with Crippen molar-refractivity contribution in [3.63, 3.8) is 0 Å². The Labute approximate surface area is 134 Å². The number of carbonyl (C=O) groups is 2. The molecule has 1 aliphatic rings. The van der Waals surface area contributed by atoms with E-state index in [-0.39, 0.29) is 11.9 Å². The zero-order valence-corrected chi connectivity index (χ0v) is 13.4. The second-order valence-corrected chi connectivity index (χ2v) is 5.43. The Morgan fingerprint density at radius 1 is 1.04 bits per heavy atom. The van der Waals surface area contributed by atoms with Gasteiger partial charge in [-0.2, -0.15) is 0 Å². The van der Waals surface area contributed by atoms with Crippen molar-refractivity contribution in [2.45, 2.75) is 25.3 Å². The van der Waals surface area contributed by atoms with E-state index in [1.54, 1.807) is 12.1 Å². The highest BCUT2D eigenvalue weighted by Gasteiger charge is 2.31. The van der Waals surface area contributed by atoms with Gasteiger partial charge in [-0.15, -0.1) is 0 Å². The maximum atomic E-state index is 12.5. The summed E-state index contributed by atoms with van der Waals surface area (Å²) < 4.78 is 15.6. The first-order valence-electron chi connectivity index (χ1n) is 7.33. The van der Waals surface area contributed by atoms with Crippen LogP contribution in [0, 0.1) is 5.92 Å². The lowest BCUT2D eigenvalue weighted by Gasteiger charge is -2.16. The largest absolute Gasteiger partial charge is 0.496 e. The smallest absolute Gasteiger partial charge is 0.306 e. The van der Waals surface area contributed by atoms with E-state index in [0.717, 1.165) is 0 Å². The third-order valence-corrected chi connectivity index (χ3v) is 4.07. The lowest BCUT2D eigenvalue weighted by molar-refractivity contribution is -0.141. The van der Waals surface area contributed by atoms with Gasteiger partial charge in [0.1, 0.15) is 5.75 Å². The van der Waals surface area contributed by atoms with Gasteiger partial charge in [0.2, 0.25) is 0 Å². The molecular weight excluding hydrogens is 302 g/mol. The summed E-state index contributed by atoms with van der Waals surface area (Å²) in [6.07, 6.45) is 1.67. The summed E-state index contributed by atoms with van der Waals surface area (Å²) >= 11 is 0. The number of carboxylic acid groups (broad SMARTS) is 1. The average Bonchev–Trinajstić information content (AvgIpc) is 3.02. The molecule has 0 unspecified atom stereocenters. The summed E-state index contributed by atoms with van der Waals surface area (Å²) in [4.78, 5) is 23.5. The van der Waals surface area contributed by atoms with Crippen LogP contribution in [-0.4, -0.2) is 44.4 Å². The van der Waals surface area contributed by atoms with Gasteiger partial charge in [-0.05, 0) is 19.3 Å². The van der Waals surface area contributed by atoms with Crippen molar-refractivity contribution in [3.8, 4) is 17.2 Å². The second-order valence-electron chi connectivity index (χ2n) is 5.43. The molecule has 126 valence electrons. The fourth-order valence-electron chi connectivity index (χ4n) is 2.81. The van der Waals surface area contributed by atoms with Crippen molar-refractivity contribution in [1.82, 2.24) is 5.32 Å². The zero-order chi connectivity index (χ0) is 17.0. The minimum atomic E-state index is -0.814. The number of hydrogen-bond donors (Lipinski definition) is 2. The lowest BCUT2D eigenvalue weighted by atomic mass is 10.1. The van der Waals surface area contributed by atoms with Crippen molar-refractivity contribution in [1.29, 1.82) is 0 Å². The molecule has 7 heteroatoms. The summed E-state index contributed by atoms with van der Waals surface area (Å²) in [5.74, 6) is -0.272. The first-order valence-corrected chi connectivity index (χ1v) is 7.33. The third-order valence-electron chi connectivity index (χ3n) is 4.07. The highest BCUT2D eigenvalue weighted by molar-refractivity contribution is 5.98. The number of amides is 1. The molecule has 1 amide bonds. The van der Waals surface area contributed by atoms with E-state index >= 15 is 0 Å². The third kappa shape index (κ3) is 3.67. The second kappa shape index (κ2) is 7.21. The highest BCUT2D eigenvalue weighted by atomic mass is 16.5. The van der Waals surface area contributed by atoms with Crippen LogP contribution >= 0.6 is 0 Å². The SMILES string of the molecule is COc1cc(OC)c(C(=O)N[C@H]2CC[C@@H](C(=O)O)C2)cc1OC. The van der Waals surface area contributed by atoms with Gasteiger partial charge in [0.15, 0.2) is 11.5 Å². The van der Waals surface area contributed by atoms with E-state index in [1.807, 2.05) is 0 Å². The van der Waals surface area contributed by atoms with Crippen LogP contribution in [0.15, 0.2) is 12.1 Å². The Kier molecular flexibility index (Phi) is 5.31. The summed E-state index contributed by atoms with van der Waals surface area (Å²) in [6.45, 7) is 0. The maximum Gasteiger partial charge on any atom is 0.306 e. The summed E-state index contributed by atoms with van der Waals surface area (Å²) in [5, 5.41) is 11.9. The molecule has 0 bridgehead atoms. The Hall–Kier alpha value is -2.44. The number of aliphatic carboxylic acids is 1. The number of benzene rings is 1. The molecule has 0 radical (unpaired) electrons. The summed E-state index contributed by atoms with van der Waals surface area (Å²) in [7, 11) is 4.45. The molecule has 0 heterocycles. The fourth-order valence-corrected chi connectivity index (χ4v) is 2.81. The van der Waals surface area contributed by atoms with Gasteiger partial charge in [-0.3, -0.25) is 9.59 Å². The van der Waals surface area contributed by atoms with Crippen LogP contribution in [0.4, 0.5) is 0 Å². The molecule has 2 N–H and O–H groups in total. The van der Waals surface area contributed by atoms with Crippen LogP contribution in [-0.2, 0) is 4.79 Å². The molecule has 0 spiro atoms. The van der Waals surface area contributed by atoms with Crippen molar-refractivity contribution in [3.05, 3.63) is 17.7 Å². The van der Waals surface area contributed by atoms with Crippen LogP contribution in [0.1, 0.15) is 29.6 Å². The minimum Gasteiger partial charge on any atom is -0.496 e. The molecule has 1 aromatic carbocycles. The predicted octanol–water partition coefficient (Wildman–Crippen LogP) is 1.70. The summed E-state index contributed by atoms with van der Waals surface area (Å²) in [6, 6.07) is 2.99. The molecule has 1 fully saturated rings. The molecule has 0 saturated heterocycles. The molecular formula is C16H21NO6. The molecule has 1 aliphatic carbocycles. The van der Waals surface area contributed by atoms with E-state index in [2.05, 4.69) is 5.32 Å². The Balaban J connectivity index is 2.17. The van der Waals surface area contributed by atoms with E-state index in [0.29, 0.717) is 42.1 Å². The van der Waals surface area contributed by atoms with E-state index in [1.165, 1.54) is 21.3 Å². The first kappa shape index (κ1) is 16.9. The topological polar surface area (TPSA) is 94.1 Å². The average molecular weight is 323 g/mol. The minimum absolute atomic E-state index is 0.151. The standard InChI is InChI=1S/C16H21NO6/c1-21-12-8-14(23-3)13(22-2)7-11(12)15(18)17-10-5-4-9(6-10)16(19)20/h7-10H,4-6H2,1-3H3,(H,17,18)(H,19,20)/t9-,10+/m1/s1. The predicted molar refractivity (Wildman–Crippen MR) is 82.3 cm³/mol. The number of ether oxygens (including phenoxy) is 3. The molecule has 7 nitrogen and oxygen atoms in total. The molecule has 1 aromatic rings. The van der Waals surface area contributed by atoms with Gasteiger partial charge in [-0.1, -0.05) is 0 Å². The van der Waals surface area contributed by atoms with Gasteiger partial charge in [-0.25, -0.2) is 0 Å². The number of nitrogens with one attached hydrogen (secondary N) is 1. The molecule has 2 atom stereocenters. The van der Waals surface area contributed by atoms with Crippen molar-refractivity contribution >= 4 is 11.9 Å². The lowest BCUT2D eigenvalue weighted by Crippen LogP contribution is -2.33. The number of methoxy groups -OCH3 is 3. The van der Waals surface area contributed by atoms with Gasteiger partial charge >= 0.3 is 5.97 Å². The first-order chi connectivity index (χ1) is 11.0. The Morgan fingerprint density at radius 3 is 2.17 bits per heavy atom. The van der Waals surface area contributed by atoms with E-state index in [4.69, 9.17) is 19.3 Å². The van der Waals surface area contributed by atoms with Crippen molar-refractivity contribution < 1.29 is 28.9 Å². The molecule has 1 saturated carbocycles. The molecule has 0 aliphatic heterocycles. The van der Waals surface area contributed by atoms with E-state index < -0.39 is 11.9 Å². The quantitative estimate of drug-likeness (QED) is 0.827. The molecule has 2 rings (SSSR count). The van der Waals surface area contributed by atoms with E-state index in [9.17, 15) is 9.59 Å². The van der Waals surface area contributed by atoms with Gasteiger partial charge < -0.3 is 24.6 Å². The van der Waals surface area contributed by atoms with Gasteiger partial charge in [0.25, 0.3) is 5.91 Å². The van der Waals surface area contributed by atoms with Gasteiger partial charge in [0.05, 0.1) is 32.8 Å².